The van der Waals surface area contributed by atoms with Crippen LogP contribution in [0.3, 0.4) is 0 Å². The lowest BCUT2D eigenvalue weighted by atomic mass is 10.0. The van der Waals surface area contributed by atoms with Gasteiger partial charge in [0.1, 0.15) is 6.04 Å². The molecule has 0 aromatic heterocycles. The molecule has 1 aliphatic heterocycles. The van der Waals surface area contributed by atoms with Crippen molar-refractivity contribution < 1.29 is 9.59 Å². The minimum Gasteiger partial charge on any atom is -0.353 e. The molecule has 0 saturated carbocycles. The third-order valence-electron chi connectivity index (χ3n) is 4.28. The molecule has 2 aromatic carbocycles. The van der Waals surface area contributed by atoms with Crippen LogP contribution in [-0.4, -0.2) is 41.7 Å². The van der Waals surface area contributed by atoms with E-state index in [1.807, 2.05) is 54.6 Å². The van der Waals surface area contributed by atoms with Gasteiger partial charge < -0.3 is 15.5 Å². The molecule has 2 N–H and O–H groups in total. The van der Waals surface area contributed by atoms with Gasteiger partial charge >= 0.3 is 6.03 Å². The fourth-order valence-electron chi connectivity index (χ4n) is 2.99. The minimum atomic E-state index is -0.499. The molecule has 1 aliphatic rings. The van der Waals surface area contributed by atoms with E-state index in [9.17, 15) is 9.59 Å². The van der Waals surface area contributed by atoms with E-state index in [4.69, 9.17) is 0 Å². The van der Waals surface area contributed by atoms with Crippen LogP contribution in [0.5, 0.6) is 0 Å². The fraction of sp³-hybridized carbons (Fsp3) is 0.300. The monoisotopic (exact) mass is 369 g/mol. The molecule has 5 nitrogen and oxygen atoms in total. The molecule has 1 fully saturated rings. The summed E-state index contributed by atoms with van der Waals surface area (Å²) in [7, 11) is 0. The molecule has 0 spiro atoms. The molecule has 26 heavy (non-hydrogen) atoms. The lowest BCUT2D eigenvalue weighted by Crippen LogP contribution is -2.59. The summed E-state index contributed by atoms with van der Waals surface area (Å²) in [6, 6.07) is 16.8. The van der Waals surface area contributed by atoms with Gasteiger partial charge in [-0.1, -0.05) is 37.3 Å². The fourth-order valence-corrected chi connectivity index (χ4v) is 3.66. The first-order valence-electron chi connectivity index (χ1n) is 8.79. The summed E-state index contributed by atoms with van der Waals surface area (Å²) in [6.45, 7) is 3.08. The van der Waals surface area contributed by atoms with Gasteiger partial charge in [0.05, 0.1) is 0 Å². The van der Waals surface area contributed by atoms with Crippen molar-refractivity contribution in [3.8, 4) is 0 Å². The number of benzene rings is 2. The van der Waals surface area contributed by atoms with Crippen LogP contribution in [0.4, 0.5) is 10.5 Å². The smallest absolute Gasteiger partial charge is 0.322 e. The van der Waals surface area contributed by atoms with E-state index >= 15 is 0 Å². The Labute approximate surface area is 158 Å². The Balaban J connectivity index is 1.69. The number of nitrogens with one attached hydrogen (secondary N) is 2. The van der Waals surface area contributed by atoms with Gasteiger partial charge in [-0.05, 0) is 35.6 Å². The molecule has 136 valence electrons. The summed E-state index contributed by atoms with van der Waals surface area (Å²) < 4.78 is 0. The minimum absolute atomic E-state index is 0.107. The second-order valence-corrected chi connectivity index (χ2v) is 7.41. The normalized spacial score (nSPS) is 16.9. The average Bonchev–Trinajstić information content (AvgIpc) is 2.66. The lowest BCUT2D eigenvalue weighted by Gasteiger charge is -2.35. The molecule has 0 bridgehead atoms. The van der Waals surface area contributed by atoms with Crippen molar-refractivity contribution in [3.05, 3.63) is 60.2 Å². The van der Waals surface area contributed by atoms with Crippen molar-refractivity contribution in [2.24, 2.45) is 0 Å². The van der Waals surface area contributed by atoms with Crippen LogP contribution >= 0.6 is 11.8 Å². The van der Waals surface area contributed by atoms with Crippen LogP contribution in [0, 0.1) is 0 Å². The van der Waals surface area contributed by atoms with Crippen LogP contribution in [0.15, 0.2) is 59.5 Å². The number of thioether (sulfide) groups is 1. The SMILES string of the molecule is CCSc1ccc(NC(=O)N2CCNC(=O)C2Cc2ccccc2)cc1. The van der Waals surface area contributed by atoms with Crippen molar-refractivity contribution in [1.29, 1.82) is 0 Å². The van der Waals surface area contributed by atoms with Crippen LogP contribution < -0.4 is 10.6 Å². The summed E-state index contributed by atoms with van der Waals surface area (Å²) in [4.78, 5) is 27.9. The van der Waals surface area contributed by atoms with Crippen LogP contribution in [-0.2, 0) is 11.2 Å². The van der Waals surface area contributed by atoms with Gasteiger partial charge in [-0.15, -0.1) is 11.8 Å². The van der Waals surface area contributed by atoms with Gasteiger partial charge in [-0.3, -0.25) is 4.79 Å². The summed E-state index contributed by atoms with van der Waals surface area (Å²) in [5.74, 6) is 0.903. The number of piperazine rings is 1. The van der Waals surface area contributed by atoms with Crippen LogP contribution in [0.25, 0.3) is 0 Å². The van der Waals surface area contributed by atoms with E-state index in [-0.39, 0.29) is 11.9 Å². The van der Waals surface area contributed by atoms with E-state index in [1.165, 1.54) is 4.90 Å². The number of hydrogen-bond donors (Lipinski definition) is 2. The number of carbonyl (C=O) groups is 2. The van der Waals surface area contributed by atoms with Crippen molar-refractivity contribution >= 4 is 29.4 Å². The quantitative estimate of drug-likeness (QED) is 0.795. The van der Waals surface area contributed by atoms with Gasteiger partial charge in [0.25, 0.3) is 0 Å². The Kier molecular flexibility index (Phi) is 6.17. The predicted molar refractivity (Wildman–Crippen MR) is 106 cm³/mol. The van der Waals surface area contributed by atoms with Crippen molar-refractivity contribution in [1.82, 2.24) is 10.2 Å². The summed E-state index contributed by atoms with van der Waals surface area (Å²) in [5.41, 5.74) is 1.77. The Morgan fingerprint density at radius 1 is 1.19 bits per heavy atom. The lowest BCUT2D eigenvalue weighted by molar-refractivity contribution is -0.127. The molecular weight excluding hydrogens is 346 g/mol. The molecular formula is C20H23N3O2S. The van der Waals surface area contributed by atoms with Crippen LogP contribution in [0.2, 0.25) is 0 Å². The zero-order valence-corrected chi connectivity index (χ0v) is 15.6. The second-order valence-electron chi connectivity index (χ2n) is 6.08. The third kappa shape index (κ3) is 4.58. The highest BCUT2D eigenvalue weighted by Crippen LogP contribution is 2.20. The molecule has 0 aliphatic carbocycles. The van der Waals surface area contributed by atoms with Crippen molar-refractivity contribution in [2.75, 3.05) is 24.2 Å². The number of hydrogen-bond acceptors (Lipinski definition) is 3. The third-order valence-corrected chi connectivity index (χ3v) is 5.17. The number of amides is 3. The van der Waals surface area contributed by atoms with E-state index in [2.05, 4.69) is 17.6 Å². The van der Waals surface area contributed by atoms with Gasteiger partial charge in [-0.2, -0.15) is 0 Å². The molecule has 0 radical (unpaired) electrons. The van der Waals surface area contributed by atoms with Gasteiger partial charge in [0.2, 0.25) is 5.91 Å². The first kappa shape index (κ1) is 18.3. The largest absolute Gasteiger partial charge is 0.353 e. The van der Waals surface area contributed by atoms with Gasteiger partial charge in [0.15, 0.2) is 0 Å². The Bertz CT molecular complexity index is 749. The maximum absolute atomic E-state index is 12.8. The van der Waals surface area contributed by atoms with Crippen molar-refractivity contribution in [3.63, 3.8) is 0 Å². The topological polar surface area (TPSA) is 61.4 Å². The maximum atomic E-state index is 12.8. The molecule has 3 rings (SSSR count). The molecule has 3 amide bonds. The van der Waals surface area contributed by atoms with Gasteiger partial charge in [-0.25, -0.2) is 4.79 Å². The predicted octanol–water partition coefficient (Wildman–Crippen LogP) is 3.37. The molecule has 2 aromatic rings. The highest BCUT2D eigenvalue weighted by Gasteiger charge is 2.33. The summed E-state index contributed by atoms with van der Waals surface area (Å²) in [6.07, 6.45) is 0.506. The Morgan fingerprint density at radius 3 is 2.62 bits per heavy atom. The Morgan fingerprint density at radius 2 is 1.92 bits per heavy atom. The zero-order valence-electron chi connectivity index (χ0n) is 14.8. The number of rotatable bonds is 5. The van der Waals surface area contributed by atoms with Gasteiger partial charge in [0, 0.05) is 30.1 Å². The molecule has 1 heterocycles. The summed E-state index contributed by atoms with van der Waals surface area (Å²) >= 11 is 1.76. The van der Waals surface area contributed by atoms with Crippen LogP contribution in [0.1, 0.15) is 12.5 Å². The number of nitrogens with zero attached hydrogens (tertiary/aromatic N) is 1. The molecule has 1 atom stereocenters. The van der Waals surface area contributed by atoms with Crippen molar-refractivity contribution in [2.45, 2.75) is 24.3 Å². The molecule has 6 heteroatoms. The first-order chi connectivity index (χ1) is 12.7. The highest BCUT2D eigenvalue weighted by molar-refractivity contribution is 7.99. The summed E-state index contributed by atoms with van der Waals surface area (Å²) in [5, 5.41) is 5.77. The number of anilines is 1. The average molecular weight is 369 g/mol. The van der Waals surface area contributed by atoms with E-state index < -0.39 is 6.04 Å². The van der Waals surface area contributed by atoms with E-state index in [1.54, 1.807) is 16.7 Å². The number of carbonyl (C=O) groups excluding carboxylic acids is 2. The number of urea groups is 1. The second kappa shape index (κ2) is 8.76. The Hall–Kier alpha value is -2.47. The molecule has 1 unspecified atom stereocenters. The van der Waals surface area contributed by atoms with E-state index in [0.717, 1.165) is 17.0 Å². The van der Waals surface area contributed by atoms with E-state index in [0.29, 0.717) is 19.5 Å². The zero-order chi connectivity index (χ0) is 18.4. The first-order valence-corrected chi connectivity index (χ1v) is 9.78. The molecule has 1 saturated heterocycles. The highest BCUT2D eigenvalue weighted by atomic mass is 32.2. The standard InChI is InChI=1S/C20H23N3O2S/c1-2-26-17-10-8-16(9-11-17)22-20(25)23-13-12-21-19(24)18(23)14-15-6-4-3-5-7-15/h3-11,18H,2,12-14H2,1H3,(H,21,24)(H,22,25). The maximum Gasteiger partial charge on any atom is 0.322 e.